The lowest BCUT2D eigenvalue weighted by atomic mass is 9.97. The topological polar surface area (TPSA) is 53.9 Å². The van der Waals surface area contributed by atoms with Crippen LogP contribution in [0.4, 0.5) is 4.39 Å². The molecule has 0 amide bonds. The number of benzene rings is 1. The van der Waals surface area contributed by atoms with E-state index in [1.54, 1.807) is 13.1 Å². The number of hydrogen-bond donors (Lipinski definition) is 1. The van der Waals surface area contributed by atoms with E-state index < -0.39 is 0 Å². The van der Waals surface area contributed by atoms with Crippen molar-refractivity contribution < 1.29 is 13.9 Å². The molecule has 3 rings (SSSR count). The molecule has 7 heteroatoms. The summed E-state index contributed by atoms with van der Waals surface area (Å²) in [4.78, 5) is 18.4. The smallest absolute Gasteiger partial charge is 0.309 e. The van der Waals surface area contributed by atoms with E-state index in [-0.39, 0.29) is 53.6 Å². The van der Waals surface area contributed by atoms with Crippen LogP contribution in [0.25, 0.3) is 0 Å². The normalized spacial score (nSPS) is 23.2. The Kier molecular flexibility index (Phi) is 7.67. The van der Waals surface area contributed by atoms with E-state index in [4.69, 9.17) is 4.74 Å². The van der Waals surface area contributed by atoms with Crippen molar-refractivity contribution in [3.63, 3.8) is 0 Å². The quantitative estimate of drug-likeness (QED) is 0.315. The third-order valence-corrected chi connectivity index (χ3v) is 5.04. The van der Waals surface area contributed by atoms with Gasteiger partial charge in [-0.1, -0.05) is 18.2 Å². The molecule has 0 spiro atoms. The van der Waals surface area contributed by atoms with Gasteiger partial charge < -0.3 is 15.0 Å². The Morgan fingerprint density at radius 2 is 2.04 bits per heavy atom. The number of ether oxygens (including phenoxy) is 1. The molecular formula is C19H27FIN3O2. The van der Waals surface area contributed by atoms with Gasteiger partial charge in [0.25, 0.3) is 0 Å². The minimum Gasteiger partial charge on any atom is -0.466 e. The average Bonchev–Trinajstić information content (AvgIpc) is 3.39. The number of piperidine rings is 1. The first kappa shape index (κ1) is 20.9. The van der Waals surface area contributed by atoms with Crippen LogP contribution >= 0.6 is 24.0 Å². The summed E-state index contributed by atoms with van der Waals surface area (Å²) in [5.74, 6) is 0.802. The first-order valence-electron chi connectivity index (χ1n) is 9.03. The van der Waals surface area contributed by atoms with E-state index >= 15 is 0 Å². The van der Waals surface area contributed by atoms with E-state index in [9.17, 15) is 9.18 Å². The third kappa shape index (κ3) is 4.86. The van der Waals surface area contributed by atoms with Crippen LogP contribution in [0.2, 0.25) is 0 Å². The highest BCUT2D eigenvalue weighted by atomic mass is 127. The minimum absolute atomic E-state index is 0. The van der Waals surface area contributed by atoms with Crippen molar-refractivity contribution in [3.8, 4) is 0 Å². The number of guanidine groups is 1. The molecule has 1 saturated carbocycles. The maximum Gasteiger partial charge on any atom is 0.309 e. The molecule has 0 bridgehead atoms. The van der Waals surface area contributed by atoms with Crippen molar-refractivity contribution in [1.82, 2.24) is 10.2 Å². The van der Waals surface area contributed by atoms with Crippen LogP contribution in [-0.4, -0.2) is 49.6 Å². The van der Waals surface area contributed by atoms with E-state index in [1.807, 2.05) is 19.1 Å². The Bertz CT molecular complexity index is 647. The highest BCUT2D eigenvalue weighted by Crippen LogP contribution is 2.42. The van der Waals surface area contributed by atoms with Gasteiger partial charge in [0.05, 0.1) is 12.5 Å². The number of halogens is 2. The summed E-state index contributed by atoms with van der Waals surface area (Å²) in [5, 5.41) is 3.45. The summed E-state index contributed by atoms with van der Waals surface area (Å²) in [6.07, 6.45) is 2.47. The van der Waals surface area contributed by atoms with Crippen LogP contribution in [0.1, 0.15) is 37.7 Å². The van der Waals surface area contributed by atoms with Gasteiger partial charge in [-0.15, -0.1) is 24.0 Å². The molecule has 1 aromatic carbocycles. The van der Waals surface area contributed by atoms with E-state index in [2.05, 4.69) is 15.2 Å². The van der Waals surface area contributed by atoms with Crippen molar-refractivity contribution in [1.29, 1.82) is 0 Å². The maximum atomic E-state index is 13.9. The van der Waals surface area contributed by atoms with E-state index in [0.29, 0.717) is 6.61 Å². The molecule has 1 saturated heterocycles. The Morgan fingerprint density at radius 3 is 2.65 bits per heavy atom. The second kappa shape index (κ2) is 9.53. The Labute approximate surface area is 171 Å². The first-order valence-corrected chi connectivity index (χ1v) is 9.03. The van der Waals surface area contributed by atoms with Gasteiger partial charge in [-0.05, 0) is 37.8 Å². The SMILES string of the molecule is CCOC(=O)C1CCN(C(=NC)NC2CC2c2ccccc2F)CC1.I. The second-order valence-electron chi connectivity index (χ2n) is 6.68. The van der Waals surface area contributed by atoms with Crippen molar-refractivity contribution in [2.24, 2.45) is 10.9 Å². The number of carbonyl (C=O) groups excluding carboxylic acids is 1. The highest BCUT2D eigenvalue weighted by Gasteiger charge is 2.41. The Morgan fingerprint density at radius 1 is 1.35 bits per heavy atom. The predicted molar refractivity (Wildman–Crippen MR) is 110 cm³/mol. The predicted octanol–water partition coefficient (Wildman–Crippen LogP) is 3.15. The van der Waals surface area contributed by atoms with Gasteiger partial charge in [-0.2, -0.15) is 0 Å². The summed E-state index contributed by atoms with van der Waals surface area (Å²) in [6, 6.07) is 7.19. The fourth-order valence-electron chi connectivity index (χ4n) is 3.52. The number of hydrogen-bond acceptors (Lipinski definition) is 3. The van der Waals surface area contributed by atoms with Crippen molar-refractivity contribution in [2.75, 3.05) is 26.7 Å². The summed E-state index contributed by atoms with van der Waals surface area (Å²) < 4.78 is 19.0. The average molecular weight is 475 g/mol. The summed E-state index contributed by atoms with van der Waals surface area (Å²) in [6.45, 7) is 3.82. The largest absolute Gasteiger partial charge is 0.466 e. The summed E-state index contributed by atoms with van der Waals surface area (Å²) >= 11 is 0. The number of nitrogens with zero attached hydrogens (tertiary/aromatic N) is 2. The number of likely N-dealkylation sites (tertiary alicyclic amines) is 1. The zero-order chi connectivity index (χ0) is 17.8. The number of carbonyl (C=O) groups is 1. The highest BCUT2D eigenvalue weighted by molar-refractivity contribution is 14.0. The van der Waals surface area contributed by atoms with Gasteiger partial charge in [0.15, 0.2) is 5.96 Å². The third-order valence-electron chi connectivity index (χ3n) is 5.04. The molecule has 1 aliphatic heterocycles. The van der Waals surface area contributed by atoms with Crippen molar-refractivity contribution in [2.45, 2.75) is 38.1 Å². The van der Waals surface area contributed by atoms with Crippen LogP contribution in [0.15, 0.2) is 29.3 Å². The fraction of sp³-hybridized carbons (Fsp3) is 0.579. The zero-order valence-corrected chi connectivity index (χ0v) is 17.6. The van der Waals surface area contributed by atoms with Gasteiger partial charge in [0, 0.05) is 32.1 Å². The molecule has 5 nitrogen and oxygen atoms in total. The van der Waals surface area contributed by atoms with Gasteiger partial charge in [0.1, 0.15) is 5.82 Å². The standard InChI is InChI=1S/C19H26FN3O2.HI/c1-3-25-18(24)13-8-10-23(11-9-13)19(21-2)22-17-12-15(17)14-6-4-5-7-16(14)20;/h4-7,13,15,17H,3,8-12H2,1-2H3,(H,21,22);1H. The van der Waals surface area contributed by atoms with Crippen LogP contribution in [0, 0.1) is 11.7 Å². The van der Waals surface area contributed by atoms with Crippen LogP contribution < -0.4 is 5.32 Å². The lowest BCUT2D eigenvalue weighted by Crippen LogP contribution is -2.47. The first-order chi connectivity index (χ1) is 12.1. The number of aliphatic imine (C=N–C) groups is 1. The van der Waals surface area contributed by atoms with Gasteiger partial charge >= 0.3 is 5.97 Å². The lowest BCUT2D eigenvalue weighted by Gasteiger charge is -2.33. The van der Waals surface area contributed by atoms with E-state index in [1.165, 1.54) is 6.07 Å². The molecule has 2 unspecified atom stereocenters. The number of nitrogens with one attached hydrogen (secondary N) is 1. The molecule has 1 N–H and O–H groups in total. The molecule has 0 radical (unpaired) electrons. The molecule has 1 aromatic rings. The van der Waals surface area contributed by atoms with Crippen LogP contribution in [-0.2, 0) is 9.53 Å². The minimum atomic E-state index is -0.137. The molecule has 1 heterocycles. The Hall–Kier alpha value is -1.38. The molecular weight excluding hydrogens is 448 g/mol. The molecule has 144 valence electrons. The van der Waals surface area contributed by atoms with E-state index in [0.717, 1.165) is 43.9 Å². The van der Waals surface area contributed by atoms with Crippen molar-refractivity contribution in [3.05, 3.63) is 35.6 Å². The maximum absolute atomic E-state index is 13.9. The van der Waals surface area contributed by atoms with Gasteiger partial charge in [0.2, 0.25) is 0 Å². The number of rotatable bonds is 4. The monoisotopic (exact) mass is 475 g/mol. The Balaban J connectivity index is 0.00000243. The van der Waals surface area contributed by atoms with Crippen LogP contribution in [0.3, 0.4) is 0 Å². The van der Waals surface area contributed by atoms with Crippen LogP contribution in [0.5, 0.6) is 0 Å². The van der Waals surface area contributed by atoms with Crippen molar-refractivity contribution >= 4 is 35.9 Å². The summed E-state index contributed by atoms with van der Waals surface area (Å²) in [5.41, 5.74) is 0.775. The molecule has 2 aliphatic rings. The molecule has 2 atom stereocenters. The summed E-state index contributed by atoms with van der Waals surface area (Å²) in [7, 11) is 1.76. The van der Waals surface area contributed by atoms with Gasteiger partial charge in [-0.25, -0.2) is 4.39 Å². The molecule has 0 aromatic heterocycles. The van der Waals surface area contributed by atoms with Gasteiger partial charge in [-0.3, -0.25) is 9.79 Å². The zero-order valence-electron chi connectivity index (χ0n) is 15.3. The number of esters is 1. The fourth-order valence-corrected chi connectivity index (χ4v) is 3.52. The second-order valence-corrected chi connectivity index (χ2v) is 6.68. The lowest BCUT2D eigenvalue weighted by molar-refractivity contribution is -0.149. The molecule has 2 fully saturated rings. The molecule has 1 aliphatic carbocycles. The molecule has 26 heavy (non-hydrogen) atoms.